The zero-order valence-electron chi connectivity index (χ0n) is 10.9. The van der Waals surface area contributed by atoms with Gasteiger partial charge in [0.15, 0.2) is 0 Å². The molecule has 1 amide bonds. The van der Waals surface area contributed by atoms with Gasteiger partial charge in [0.1, 0.15) is 5.82 Å². The lowest BCUT2D eigenvalue weighted by Gasteiger charge is -2.06. The van der Waals surface area contributed by atoms with E-state index in [0.717, 1.165) is 18.9 Å². The van der Waals surface area contributed by atoms with Crippen LogP contribution in [-0.2, 0) is 6.42 Å². The summed E-state index contributed by atoms with van der Waals surface area (Å²) in [5.74, 6) is -1.01. The molecule has 1 N–H and O–H groups in total. The van der Waals surface area contributed by atoms with E-state index in [2.05, 4.69) is 5.32 Å². The molecule has 2 nitrogen and oxygen atoms in total. The standard InChI is InChI=1S/C16H15ClFNO/c17-13-8-9-14(15(18)11-13)16(20)19-10-4-7-12-5-2-1-3-6-12/h1-3,5-6,8-9,11H,4,7,10H2,(H,19,20). The van der Waals surface area contributed by atoms with E-state index in [1.807, 2.05) is 30.3 Å². The van der Waals surface area contributed by atoms with Gasteiger partial charge in [-0.2, -0.15) is 0 Å². The quantitative estimate of drug-likeness (QED) is 0.833. The predicted octanol–water partition coefficient (Wildman–Crippen LogP) is 3.84. The zero-order chi connectivity index (χ0) is 14.4. The third-order valence-corrected chi connectivity index (χ3v) is 3.18. The maximum atomic E-state index is 13.5. The largest absolute Gasteiger partial charge is 0.352 e. The monoisotopic (exact) mass is 291 g/mol. The molecule has 0 atom stereocenters. The van der Waals surface area contributed by atoms with Crippen molar-refractivity contribution in [2.24, 2.45) is 0 Å². The molecule has 0 aliphatic carbocycles. The lowest BCUT2D eigenvalue weighted by atomic mass is 10.1. The first-order valence-electron chi connectivity index (χ1n) is 6.44. The molecule has 0 spiro atoms. The van der Waals surface area contributed by atoms with Crippen LogP contribution in [0, 0.1) is 5.82 Å². The summed E-state index contributed by atoms with van der Waals surface area (Å²) in [4.78, 5) is 11.8. The molecule has 104 valence electrons. The molecule has 0 saturated carbocycles. The van der Waals surface area contributed by atoms with Crippen LogP contribution in [0.4, 0.5) is 4.39 Å². The van der Waals surface area contributed by atoms with Gasteiger partial charge in [-0.3, -0.25) is 4.79 Å². The third-order valence-electron chi connectivity index (χ3n) is 2.95. The van der Waals surface area contributed by atoms with Crippen molar-refractivity contribution < 1.29 is 9.18 Å². The predicted molar refractivity (Wildman–Crippen MR) is 78.5 cm³/mol. The van der Waals surface area contributed by atoms with Gasteiger partial charge in [0.25, 0.3) is 5.91 Å². The third kappa shape index (κ3) is 4.07. The van der Waals surface area contributed by atoms with E-state index in [1.54, 1.807) is 0 Å². The molecule has 0 fully saturated rings. The number of aryl methyl sites for hydroxylation is 1. The van der Waals surface area contributed by atoms with Crippen LogP contribution in [0.2, 0.25) is 5.02 Å². The minimum Gasteiger partial charge on any atom is -0.352 e. The molecule has 20 heavy (non-hydrogen) atoms. The molecule has 0 aliphatic heterocycles. The Hall–Kier alpha value is -1.87. The summed E-state index contributed by atoms with van der Waals surface area (Å²) >= 11 is 5.64. The van der Waals surface area contributed by atoms with E-state index in [0.29, 0.717) is 6.54 Å². The molecule has 2 rings (SSSR count). The van der Waals surface area contributed by atoms with Crippen LogP contribution < -0.4 is 5.32 Å². The fourth-order valence-electron chi connectivity index (χ4n) is 1.91. The molecule has 0 saturated heterocycles. The second kappa shape index (κ2) is 7.06. The van der Waals surface area contributed by atoms with Crippen molar-refractivity contribution in [3.63, 3.8) is 0 Å². The van der Waals surface area contributed by atoms with Gasteiger partial charge in [-0.25, -0.2) is 4.39 Å². The normalized spacial score (nSPS) is 10.3. The maximum absolute atomic E-state index is 13.5. The summed E-state index contributed by atoms with van der Waals surface area (Å²) in [6.07, 6.45) is 1.69. The van der Waals surface area contributed by atoms with E-state index in [4.69, 9.17) is 11.6 Å². The first kappa shape index (κ1) is 14.5. The van der Waals surface area contributed by atoms with Crippen molar-refractivity contribution in [3.8, 4) is 0 Å². The van der Waals surface area contributed by atoms with Crippen molar-refractivity contribution in [1.29, 1.82) is 0 Å². The van der Waals surface area contributed by atoms with Crippen molar-refractivity contribution in [2.75, 3.05) is 6.54 Å². The number of halogens is 2. The average molecular weight is 292 g/mol. The lowest BCUT2D eigenvalue weighted by molar-refractivity contribution is 0.0949. The number of carbonyl (C=O) groups is 1. The maximum Gasteiger partial charge on any atom is 0.254 e. The van der Waals surface area contributed by atoms with E-state index >= 15 is 0 Å². The van der Waals surface area contributed by atoms with Crippen molar-refractivity contribution in [3.05, 3.63) is 70.5 Å². The SMILES string of the molecule is O=C(NCCCc1ccccc1)c1ccc(Cl)cc1F. The van der Waals surface area contributed by atoms with Crippen LogP contribution >= 0.6 is 11.6 Å². The van der Waals surface area contributed by atoms with E-state index in [-0.39, 0.29) is 10.6 Å². The molecule has 0 bridgehead atoms. The molecular weight excluding hydrogens is 277 g/mol. The second-order valence-corrected chi connectivity index (χ2v) is 4.91. The van der Waals surface area contributed by atoms with Gasteiger partial charge in [0, 0.05) is 11.6 Å². The summed E-state index contributed by atoms with van der Waals surface area (Å²) in [6, 6.07) is 14.1. The Morgan fingerprint density at radius 3 is 2.60 bits per heavy atom. The molecule has 4 heteroatoms. The van der Waals surface area contributed by atoms with Crippen LogP contribution in [-0.4, -0.2) is 12.5 Å². The van der Waals surface area contributed by atoms with Crippen LogP contribution in [0.25, 0.3) is 0 Å². The summed E-state index contributed by atoms with van der Waals surface area (Å²) in [7, 11) is 0. The van der Waals surface area contributed by atoms with Gasteiger partial charge in [0.05, 0.1) is 5.56 Å². The summed E-state index contributed by atoms with van der Waals surface area (Å²) < 4.78 is 13.5. The van der Waals surface area contributed by atoms with Crippen molar-refractivity contribution in [2.45, 2.75) is 12.8 Å². The van der Waals surface area contributed by atoms with Crippen LogP contribution in [0.15, 0.2) is 48.5 Å². The van der Waals surface area contributed by atoms with Crippen LogP contribution in [0.1, 0.15) is 22.3 Å². The molecule has 2 aromatic rings. The number of amides is 1. The Balaban J connectivity index is 1.80. The summed E-state index contributed by atoms with van der Waals surface area (Å²) in [5.41, 5.74) is 1.24. The minimum absolute atomic E-state index is 0.0223. The molecule has 0 unspecified atom stereocenters. The summed E-state index contributed by atoms with van der Waals surface area (Å²) in [5, 5.41) is 2.99. The number of rotatable bonds is 5. The number of carbonyl (C=O) groups excluding carboxylic acids is 1. The molecule has 0 aliphatic rings. The highest BCUT2D eigenvalue weighted by atomic mass is 35.5. The van der Waals surface area contributed by atoms with Gasteiger partial charge in [-0.15, -0.1) is 0 Å². The minimum atomic E-state index is -0.599. The van der Waals surface area contributed by atoms with Gasteiger partial charge in [0.2, 0.25) is 0 Å². The van der Waals surface area contributed by atoms with Crippen LogP contribution in [0.3, 0.4) is 0 Å². The topological polar surface area (TPSA) is 29.1 Å². The van der Waals surface area contributed by atoms with Gasteiger partial charge >= 0.3 is 0 Å². The fraction of sp³-hybridized carbons (Fsp3) is 0.188. The first-order valence-corrected chi connectivity index (χ1v) is 6.82. The van der Waals surface area contributed by atoms with Gasteiger partial charge in [-0.05, 0) is 36.6 Å². The lowest BCUT2D eigenvalue weighted by Crippen LogP contribution is -2.25. The fourth-order valence-corrected chi connectivity index (χ4v) is 2.07. The number of hydrogen-bond donors (Lipinski definition) is 1. The Kier molecular flexibility index (Phi) is 5.13. The van der Waals surface area contributed by atoms with E-state index < -0.39 is 11.7 Å². The van der Waals surface area contributed by atoms with Gasteiger partial charge in [-0.1, -0.05) is 41.9 Å². The van der Waals surface area contributed by atoms with Crippen molar-refractivity contribution >= 4 is 17.5 Å². The average Bonchev–Trinajstić information content (AvgIpc) is 2.44. The Morgan fingerprint density at radius 2 is 1.90 bits per heavy atom. The Bertz CT molecular complexity index is 586. The zero-order valence-corrected chi connectivity index (χ0v) is 11.7. The van der Waals surface area contributed by atoms with Gasteiger partial charge < -0.3 is 5.32 Å². The second-order valence-electron chi connectivity index (χ2n) is 4.47. The summed E-state index contributed by atoms with van der Waals surface area (Å²) in [6.45, 7) is 0.510. The molecule has 0 heterocycles. The Labute approximate surface area is 122 Å². The van der Waals surface area contributed by atoms with E-state index in [1.165, 1.54) is 17.7 Å². The molecule has 0 radical (unpaired) electrons. The smallest absolute Gasteiger partial charge is 0.254 e. The number of nitrogens with one attached hydrogen (secondary N) is 1. The molecular formula is C16H15ClFNO. The molecule has 2 aromatic carbocycles. The molecule has 0 aromatic heterocycles. The van der Waals surface area contributed by atoms with Crippen LogP contribution in [0.5, 0.6) is 0 Å². The Morgan fingerprint density at radius 1 is 1.15 bits per heavy atom. The number of hydrogen-bond acceptors (Lipinski definition) is 1. The highest BCUT2D eigenvalue weighted by molar-refractivity contribution is 6.30. The highest BCUT2D eigenvalue weighted by Gasteiger charge is 2.11. The first-order chi connectivity index (χ1) is 9.66. The highest BCUT2D eigenvalue weighted by Crippen LogP contribution is 2.14. The van der Waals surface area contributed by atoms with Crippen molar-refractivity contribution in [1.82, 2.24) is 5.32 Å². The van der Waals surface area contributed by atoms with E-state index in [9.17, 15) is 9.18 Å². The number of benzene rings is 2.